The summed E-state index contributed by atoms with van der Waals surface area (Å²) < 4.78 is 1.78. The number of thioether (sulfide) groups is 1. The van der Waals surface area contributed by atoms with Crippen molar-refractivity contribution < 1.29 is 0 Å². The molecule has 0 spiro atoms. The first kappa shape index (κ1) is 18.5. The van der Waals surface area contributed by atoms with Crippen LogP contribution in [0.25, 0.3) is 27.6 Å². The molecule has 6 heteroatoms. The van der Waals surface area contributed by atoms with Crippen molar-refractivity contribution in [2.24, 2.45) is 0 Å². The third-order valence-electron chi connectivity index (χ3n) is 5.69. The Morgan fingerprint density at radius 1 is 1.07 bits per heavy atom. The van der Waals surface area contributed by atoms with Crippen LogP contribution in [-0.2, 0) is 0 Å². The number of hydrogen-bond acceptors (Lipinski definition) is 4. The largest absolute Gasteiger partial charge is 0.349 e. The molecule has 29 heavy (non-hydrogen) atoms. The van der Waals surface area contributed by atoms with Crippen molar-refractivity contribution in [3.8, 4) is 5.69 Å². The first-order valence-electron chi connectivity index (χ1n) is 10.2. The minimum Gasteiger partial charge on any atom is -0.349 e. The SMILES string of the molecule is Cc1ccccc1-n1c(SCCN2CCCC2)nc2c([nH]c3ccccc32)c1=O. The first-order chi connectivity index (χ1) is 14.2. The molecule has 0 amide bonds. The Morgan fingerprint density at radius 2 is 1.83 bits per heavy atom. The number of nitrogens with zero attached hydrogens (tertiary/aromatic N) is 3. The van der Waals surface area contributed by atoms with Crippen molar-refractivity contribution in [1.82, 2.24) is 19.4 Å². The molecule has 1 saturated heterocycles. The van der Waals surface area contributed by atoms with E-state index in [-0.39, 0.29) is 5.56 Å². The average molecular weight is 405 g/mol. The molecule has 0 atom stereocenters. The smallest absolute Gasteiger partial charge is 0.283 e. The Morgan fingerprint density at radius 3 is 2.66 bits per heavy atom. The van der Waals surface area contributed by atoms with Crippen molar-refractivity contribution in [3.05, 3.63) is 64.4 Å². The molecule has 5 rings (SSSR count). The highest BCUT2D eigenvalue weighted by Gasteiger charge is 2.18. The number of aromatic nitrogens is 3. The topological polar surface area (TPSA) is 53.9 Å². The molecule has 0 unspecified atom stereocenters. The number of fused-ring (bicyclic) bond motifs is 3. The molecule has 1 N–H and O–H groups in total. The Balaban J connectivity index is 1.65. The van der Waals surface area contributed by atoms with Crippen LogP contribution >= 0.6 is 11.8 Å². The van der Waals surface area contributed by atoms with Crippen LogP contribution in [-0.4, -0.2) is 44.8 Å². The molecule has 3 heterocycles. The summed E-state index contributed by atoms with van der Waals surface area (Å²) in [4.78, 5) is 24.3. The third-order valence-corrected chi connectivity index (χ3v) is 6.61. The van der Waals surface area contributed by atoms with Crippen LogP contribution in [0.3, 0.4) is 0 Å². The van der Waals surface area contributed by atoms with Crippen LogP contribution < -0.4 is 5.56 Å². The van der Waals surface area contributed by atoms with Gasteiger partial charge in [-0.25, -0.2) is 4.98 Å². The molecular weight excluding hydrogens is 380 g/mol. The summed E-state index contributed by atoms with van der Waals surface area (Å²) in [5, 5.41) is 1.76. The summed E-state index contributed by atoms with van der Waals surface area (Å²) in [6.07, 6.45) is 2.58. The minimum absolute atomic E-state index is 0.0378. The highest BCUT2D eigenvalue weighted by molar-refractivity contribution is 7.99. The van der Waals surface area contributed by atoms with Crippen molar-refractivity contribution in [2.75, 3.05) is 25.4 Å². The fourth-order valence-corrected chi connectivity index (χ4v) is 5.14. The van der Waals surface area contributed by atoms with Gasteiger partial charge >= 0.3 is 0 Å². The molecule has 1 aliphatic rings. The van der Waals surface area contributed by atoms with Gasteiger partial charge in [0.05, 0.1) is 5.69 Å². The Hall–Kier alpha value is -2.57. The number of aromatic amines is 1. The maximum absolute atomic E-state index is 13.6. The summed E-state index contributed by atoms with van der Waals surface area (Å²) in [7, 11) is 0. The predicted octanol–water partition coefficient (Wildman–Crippen LogP) is 4.36. The number of para-hydroxylation sites is 2. The van der Waals surface area contributed by atoms with E-state index in [0.29, 0.717) is 5.52 Å². The lowest BCUT2D eigenvalue weighted by molar-refractivity contribution is 0.362. The monoisotopic (exact) mass is 404 g/mol. The number of H-pyrrole nitrogens is 1. The summed E-state index contributed by atoms with van der Waals surface area (Å²) in [6, 6.07) is 16.0. The third kappa shape index (κ3) is 3.36. The molecule has 0 radical (unpaired) electrons. The molecule has 0 bridgehead atoms. The lowest BCUT2D eigenvalue weighted by Crippen LogP contribution is -2.24. The van der Waals surface area contributed by atoms with E-state index >= 15 is 0 Å². The molecule has 0 saturated carbocycles. The van der Waals surface area contributed by atoms with Gasteiger partial charge in [0.15, 0.2) is 5.16 Å². The van der Waals surface area contributed by atoms with Gasteiger partial charge in [0, 0.05) is 23.2 Å². The van der Waals surface area contributed by atoms with E-state index < -0.39 is 0 Å². The second kappa shape index (κ2) is 7.69. The van der Waals surface area contributed by atoms with Gasteiger partial charge in [-0.3, -0.25) is 9.36 Å². The van der Waals surface area contributed by atoms with Crippen molar-refractivity contribution in [2.45, 2.75) is 24.9 Å². The molecule has 4 aromatic rings. The number of rotatable bonds is 5. The Kier molecular flexibility index (Phi) is 4.89. The average Bonchev–Trinajstić information content (AvgIpc) is 3.37. The fraction of sp³-hybridized carbons (Fsp3) is 0.304. The highest BCUT2D eigenvalue weighted by Crippen LogP contribution is 2.27. The quantitative estimate of drug-likeness (QED) is 0.397. The molecule has 1 fully saturated rings. The van der Waals surface area contributed by atoms with Crippen LogP contribution in [0.1, 0.15) is 18.4 Å². The van der Waals surface area contributed by atoms with Crippen LogP contribution in [0.5, 0.6) is 0 Å². The second-order valence-corrected chi connectivity index (χ2v) is 8.67. The Labute approximate surface area is 173 Å². The lowest BCUT2D eigenvalue weighted by Gasteiger charge is -2.16. The van der Waals surface area contributed by atoms with E-state index in [9.17, 15) is 4.79 Å². The van der Waals surface area contributed by atoms with Crippen molar-refractivity contribution in [3.63, 3.8) is 0 Å². The van der Waals surface area contributed by atoms with Gasteiger partial charge in [0.25, 0.3) is 5.56 Å². The van der Waals surface area contributed by atoms with Gasteiger partial charge in [-0.1, -0.05) is 48.2 Å². The molecule has 2 aromatic heterocycles. The van der Waals surface area contributed by atoms with Crippen molar-refractivity contribution >= 4 is 33.7 Å². The summed E-state index contributed by atoms with van der Waals surface area (Å²) in [6.45, 7) is 5.43. The molecule has 5 nitrogen and oxygen atoms in total. The standard InChI is InChI=1S/C23H24N4OS/c1-16-8-2-5-11-19(16)27-22(28)21-20(17-9-3-4-10-18(17)24-21)25-23(27)29-15-14-26-12-6-7-13-26/h2-5,8-11,24H,6-7,12-15H2,1H3. The minimum atomic E-state index is -0.0378. The van der Waals surface area contributed by atoms with Gasteiger partial charge in [-0.15, -0.1) is 0 Å². The van der Waals surface area contributed by atoms with Gasteiger partial charge in [0.2, 0.25) is 0 Å². The predicted molar refractivity (Wildman–Crippen MR) is 120 cm³/mol. The van der Waals surface area contributed by atoms with Gasteiger partial charge in [0.1, 0.15) is 11.0 Å². The number of hydrogen-bond donors (Lipinski definition) is 1. The van der Waals surface area contributed by atoms with Crippen LogP contribution in [0.15, 0.2) is 58.5 Å². The van der Waals surface area contributed by atoms with Crippen LogP contribution in [0, 0.1) is 6.92 Å². The summed E-state index contributed by atoms with van der Waals surface area (Å²) in [5.41, 5.74) is 4.20. The van der Waals surface area contributed by atoms with E-state index in [1.54, 1.807) is 16.3 Å². The van der Waals surface area contributed by atoms with Gasteiger partial charge < -0.3 is 9.88 Å². The van der Waals surface area contributed by atoms with E-state index in [0.717, 1.165) is 45.1 Å². The maximum Gasteiger partial charge on any atom is 0.283 e. The first-order valence-corrected chi connectivity index (χ1v) is 11.2. The fourth-order valence-electron chi connectivity index (χ4n) is 4.14. The summed E-state index contributed by atoms with van der Waals surface area (Å²) >= 11 is 1.67. The summed E-state index contributed by atoms with van der Waals surface area (Å²) in [5.74, 6) is 0.923. The number of likely N-dealkylation sites (tertiary alicyclic amines) is 1. The normalized spacial score (nSPS) is 14.9. The van der Waals surface area contributed by atoms with Gasteiger partial charge in [-0.05, 0) is 50.6 Å². The van der Waals surface area contributed by atoms with Crippen molar-refractivity contribution in [1.29, 1.82) is 0 Å². The second-order valence-electron chi connectivity index (χ2n) is 7.61. The number of aryl methyl sites for hydroxylation is 1. The van der Waals surface area contributed by atoms with Crippen LogP contribution in [0.2, 0.25) is 0 Å². The molecule has 1 aliphatic heterocycles. The van der Waals surface area contributed by atoms with Crippen LogP contribution in [0.4, 0.5) is 0 Å². The van der Waals surface area contributed by atoms with E-state index in [1.165, 1.54) is 25.9 Å². The molecule has 148 valence electrons. The zero-order valence-electron chi connectivity index (χ0n) is 16.5. The highest BCUT2D eigenvalue weighted by atomic mass is 32.2. The molecule has 2 aromatic carbocycles. The molecular formula is C23H24N4OS. The maximum atomic E-state index is 13.6. The van der Waals surface area contributed by atoms with E-state index in [4.69, 9.17) is 4.98 Å². The number of nitrogens with one attached hydrogen (secondary N) is 1. The zero-order chi connectivity index (χ0) is 19.8. The van der Waals surface area contributed by atoms with Gasteiger partial charge in [-0.2, -0.15) is 0 Å². The number of benzene rings is 2. The zero-order valence-corrected chi connectivity index (χ0v) is 17.3. The van der Waals surface area contributed by atoms with E-state index in [1.807, 2.05) is 55.5 Å². The van der Waals surface area contributed by atoms with E-state index in [2.05, 4.69) is 9.88 Å². The lowest BCUT2D eigenvalue weighted by atomic mass is 10.2. The Bertz CT molecular complexity index is 1240. The molecule has 0 aliphatic carbocycles.